The van der Waals surface area contributed by atoms with Crippen LogP contribution < -0.4 is 0 Å². The highest BCUT2D eigenvalue weighted by Gasteiger charge is 2.38. The van der Waals surface area contributed by atoms with E-state index in [4.69, 9.17) is 0 Å². The fourth-order valence-electron chi connectivity index (χ4n) is 3.60. The largest absolute Gasteiger partial charge is 0.383 e. The number of rotatable bonds is 4. The summed E-state index contributed by atoms with van der Waals surface area (Å²) in [4.78, 5) is 19.5. The molecule has 144 valence electrons. The van der Waals surface area contributed by atoms with Crippen LogP contribution in [0.3, 0.4) is 0 Å². The van der Waals surface area contributed by atoms with Gasteiger partial charge in [-0.3, -0.25) is 9.78 Å². The molecule has 1 amide bonds. The number of tetrazole rings is 1. The Morgan fingerprint density at radius 2 is 1.89 bits per heavy atom. The van der Waals surface area contributed by atoms with Crippen molar-refractivity contribution in [3.63, 3.8) is 0 Å². The Morgan fingerprint density at radius 1 is 1.14 bits per heavy atom. The lowest BCUT2D eigenvalue weighted by molar-refractivity contribution is -0.138. The fraction of sp³-hybridized carbons (Fsp3) is 0.350. The van der Waals surface area contributed by atoms with E-state index in [0.29, 0.717) is 31.6 Å². The highest BCUT2D eigenvalue weighted by atomic mass is 16.3. The number of hydrogen-bond donors (Lipinski definition) is 1. The Bertz CT molecular complexity index is 919. The maximum absolute atomic E-state index is 13.3. The van der Waals surface area contributed by atoms with E-state index in [1.165, 1.54) is 11.0 Å². The van der Waals surface area contributed by atoms with Crippen molar-refractivity contribution in [2.75, 3.05) is 13.1 Å². The van der Waals surface area contributed by atoms with E-state index >= 15 is 0 Å². The lowest BCUT2D eigenvalue weighted by Gasteiger charge is -2.39. The molecule has 1 aliphatic rings. The first-order chi connectivity index (χ1) is 13.6. The lowest BCUT2D eigenvalue weighted by atomic mass is 9.87. The molecule has 8 heteroatoms. The van der Waals surface area contributed by atoms with Gasteiger partial charge in [0.1, 0.15) is 11.9 Å². The molecule has 2 aromatic heterocycles. The van der Waals surface area contributed by atoms with Gasteiger partial charge in [0.25, 0.3) is 5.91 Å². The molecule has 0 radical (unpaired) electrons. The first-order valence-electron chi connectivity index (χ1n) is 9.28. The molecule has 1 fully saturated rings. The summed E-state index contributed by atoms with van der Waals surface area (Å²) in [5.74, 6) is -0.0857. The minimum Gasteiger partial charge on any atom is -0.383 e. The van der Waals surface area contributed by atoms with Gasteiger partial charge in [-0.25, -0.2) is 4.68 Å². The van der Waals surface area contributed by atoms with Crippen LogP contribution in [0, 0.1) is 6.92 Å². The normalized spacial score (nSPS) is 17.3. The summed E-state index contributed by atoms with van der Waals surface area (Å²) in [6, 6.07) is 12.6. The number of aliphatic hydroxyl groups is 1. The molecule has 1 N–H and O–H groups in total. The number of carbonyl (C=O) groups excluding carboxylic acids is 1. The van der Waals surface area contributed by atoms with E-state index < -0.39 is 11.6 Å². The van der Waals surface area contributed by atoms with E-state index in [1.807, 2.05) is 49.4 Å². The summed E-state index contributed by atoms with van der Waals surface area (Å²) in [6.07, 6.45) is 4.08. The quantitative estimate of drug-likeness (QED) is 0.739. The average Bonchev–Trinajstić information content (AvgIpc) is 3.24. The van der Waals surface area contributed by atoms with Crippen molar-refractivity contribution in [1.82, 2.24) is 30.1 Å². The van der Waals surface area contributed by atoms with Crippen molar-refractivity contribution in [3.8, 4) is 0 Å². The Kier molecular flexibility index (Phi) is 4.87. The summed E-state index contributed by atoms with van der Waals surface area (Å²) >= 11 is 0. The van der Waals surface area contributed by atoms with Crippen LogP contribution in [0.5, 0.6) is 0 Å². The standard InChI is InChI=1S/C20H22N6O2/c1-15-7-8-17(21-13-15)20(28)9-11-25(12-10-20)19(27)18(26-14-22-23-24-26)16-5-3-2-4-6-16/h2-8,13-14,18,28H,9-12H2,1H3. The third-order valence-corrected chi connectivity index (χ3v) is 5.27. The minimum absolute atomic E-state index is 0.0857. The number of aromatic nitrogens is 5. The molecular formula is C20H22N6O2. The zero-order valence-electron chi connectivity index (χ0n) is 15.6. The number of piperidine rings is 1. The van der Waals surface area contributed by atoms with Crippen molar-refractivity contribution in [2.24, 2.45) is 0 Å². The second-order valence-corrected chi connectivity index (χ2v) is 7.18. The molecular weight excluding hydrogens is 356 g/mol. The van der Waals surface area contributed by atoms with E-state index in [2.05, 4.69) is 20.5 Å². The third-order valence-electron chi connectivity index (χ3n) is 5.27. The van der Waals surface area contributed by atoms with Crippen molar-refractivity contribution < 1.29 is 9.90 Å². The van der Waals surface area contributed by atoms with E-state index in [0.717, 1.165) is 11.1 Å². The number of aryl methyl sites for hydroxylation is 1. The maximum atomic E-state index is 13.3. The summed E-state index contributed by atoms with van der Waals surface area (Å²) < 4.78 is 1.47. The van der Waals surface area contributed by atoms with Crippen LogP contribution in [0.1, 0.15) is 35.7 Å². The average molecular weight is 378 g/mol. The minimum atomic E-state index is -1.01. The first-order valence-corrected chi connectivity index (χ1v) is 9.28. The molecule has 1 unspecified atom stereocenters. The van der Waals surface area contributed by atoms with Gasteiger partial charge in [-0.2, -0.15) is 0 Å². The number of likely N-dealkylation sites (tertiary alicyclic amines) is 1. The number of benzene rings is 1. The van der Waals surface area contributed by atoms with Crippen LogP contribution in [-0.2, 0) is 10.4 Å². The van der Waals surface area contributed by atoms with Gasteiger partial charge in [0, 0.05) is 19.3 Å². The lowest BCUT2D eigenvalue weighted by Crippen LogP contribution is -2.48. The number of nitrogens with zero attached hydrogens (tertiary/aromatic N) is 6. The van der Waals surface area contributed by atoms with E-state index in [1.54, 1.807) is 11.1 Å². The SMILES string of the molecule is Cc1ccc(C2(O)CCN(C(=O)C(c3ccccc3)n3cnnn3)CC2)nc1. The Labute approximate surface area is 162 Å². The van der Waals surface area contributed by atoms with Gasteiger partial charge in [-0.1, -0.05) is 36.4 Å². The van der Waals surface area contributed by atoms with Crippen LogP contribution in [-0.4, -0.2) is 54.2 Å². The fourth-order valence-corrected chi connectivity index (χ4v) is 3.60. The molecule has 3 heterocycles. The smallest absolute Gasteiger partial charge is 0.252 e. The van der Waals surface area contributed by atoms with Crippen LogP contribution >= 0.6 is 0 Å². The van der Waals surface area contributed by atoms with Gasteiger partial charge < -0.3 is 10.0 Å². The summed E-state index contributed by atoms with van der Waals surface area (Å²) in [7, 11) is 0. The maximum Gasteiger partial charge on any atom is 0.252 e. The molecule has 1 aliphatic heterocycles. The van der Waals surface area contributed by atoms with Gasteiger partial charge in [0.15, 0.2) is 6.04 Å². The van der Waals surface area contributed by atoms with Gasteiger partial charge in [0.05, 0.1) is 5.69 Å². The van der Waals surface area contributed by atoms with Gasteiger partial charge in [-0.05, 0) is 47.4 Å². The van der Waals surface area contributed by atoms with Crippen molar-refractivity contribution in [1.29, 1.82) is 0 Å². The first kappa shape index (κ1) is 18.2. The van der Waals surface area contributed by atoms with Crippen LogP contribution in [0.4, 0.5) is 0 Å². The van der Waals surface area contributed by atoms with E-state index in [9.17, 15) is 9.90 Å². The van der Waals surface area contributed by atoms with Crippen molar-refractivity contribution in [2.45, 2.75) is 31.4 Å². The molecule has 4 rings (SSSR count). The van der Waals surface area contributed by atoms with Crippen LogP contribution in [0.15, 0.2) is 55.0 Å². The van der Waals surface area contributed by atoms with Gasteiger partial charge in [0.2, 0.25) is 0 Å². The zero-order chi connectivity index (χ0) is 19.6. The van der Waals surface area contributed by atoms with Gasteiger partial charge >= 0.3 is 0 Å². The van der Waals surface area contributed by atoms with E-state index in [-0.39, 0.29) is 5.91 Å². The highest BCUT2D eigenvalue weighted by molar-refractivity contribution is 5.83. The topological polar surface area (TPSA) is 97.0 Å². The third kappa shape index (κ3) is 3.50. The Hall–Kier alpha value is -3.13. The summed E-state index contributed by atoms with van der Waals surface area (Å²) in [5, 5.41) is 22.3. The number of carbonyl (C=O) groups is 1. The molecule has 0 spiro atoms. The molecule has 28 heavy (non-hydrogen) atoms. The predicted molar refractivity (Wildman–Crippen MR) is 101 cm³/mol. The Morgan fingerprint density at radius 3 is 2.50 bits per heavy atom. The molecule has 1 aromatic carbocycles. The predicted octanol–water partition coefficient (Wildman–Crippen LogP) is 1.48. The molecule has 0 saturated carbocycles. The highest BCUT2D eigenvalue weighted by Crippen LogP contribution is 2.33. The molecule has 3 aromatic rings. The second-order valence-electron chi connectivity index (χ2n) is 7.18. The molecule has 8 nitrogen and oxygen atoms in total. The number of pyridine rings is 1. The monoisotopic (exact) mass is 378 g/mol. The van der Waals surface area contributed by atoms with Crippen molar-refractivity contribution >= 4 is 5.91 Å². The molecule has 1 saturated heterocycles. The number of amides is 1. The molecule has 0 aliphatic carbocycles. The van der Waals surface area contributed by atoms with Gasteiger partial charge in [-0.15, -0.1) is 5.10 Å². The summed E-state index contributed by atoms with van der Waals surface area (Å²) in [5.41, 5.74) is 1.51. The molecule has 1 atom stereocenters. The van der Waals surface area contributed by atoms with Crippen LogP contribution in [0.2, 0.25) is 0 Å². The Balaban J connectivity index is 1.53. The number of hydrogen-bond acceptors (Lipinski definition) is 6. The second kappa shape index (κ2) is 7.47. The summed E-state index contributed by atoms with van der Waals surface area (Å²) in [6.45, 7) is 2.84. The van der Waals surface area contributed by atoms with Crippen molar-refractivity contribution in [3.05, 3.63) is 71.8 Å². The van der Waals surface area contributed by atoms with Crippen LogP contribution in [0.25, 0.3) is 0 Å². The molecule has 0 bridgehead atoms. The zero-order valence-corrected chi connectivity index (χ0v) is 15.6.